The fourth-order valence-electron chi connectivity index (χ4n) is 1.30. The minimum atomic E-state index is -0.920. The predicted octanol–water partition coefficient (Wildman–Crippen LogP) is 0.436. The van der Waals surface area contributed by atoms with E-state index in [-0.39, 0.29) is 0 Å². The summed E-state index contributed by atoms with van der Waals surface area (Å²) in [5.74, 6) is 0. The molecule has 1 fully saturated rings. The second-order valence-electron chi connectivity index (χ2n) is 4.02. The number of hydrogen-bond donors (Lipinski definition) is 2. The van der Waals surface area contributed by atoms with E-state index in [1.807, 2.05) is 0 Å². The fraction of sp³-hybridized carbons (Fsp3) is 0.600. The first-order valence-corrected chi connectivity index (χ1v) is 4.91. The molecule has 1 aromatic rings. The monoisotopic (exact) mass is 193 g/mol. The van der Waals surface area contributed by atoms with Crippen molar-refractivity contribution < 1.29 is 5.11 Å². The van der Waals surface area contributed by atoms with Crippen LogP contribution in [0, 0.1) is 0 Å². The van der Waals surface area contributed by atoms with Crippen LogP contribution in [0.2, 0.25) is 0 Å². The summed E-state index contributed by atoms with van der Waals surface area (Å²) < 4.78 is 0. The summed E-state index contributed by atoms with van der Waals surface area (Å²) >= 11 is 0. The quantitative estimate of drug-likeness (QED) is 0.728. The van der Waals surface area contributed by atoms with E-state index >= 15 is 0 Å². The highest BCUT2D eigenvalue weighted by Crippen LogP contribution is 2.22. The van der Waals surface area contributed by atoms with Gasteiger partial charge in [0, 0.05) is 25.0 Å². The molecule has 0 amide bonds. The van der Waals surface area contributed by atoms with Gasteiger partial charge in [-0.15, -0.1) is 0 Å². The molecule has 4 nitrogen and oxygen atoms in total. The second kappa shape index (κ2) is 3.63. The molecule has 0 radical (unpaired) electrons. The summed E-state index contributed by atoms with van der Waals surface area (Å²) in [4.78, 5) is 8.04. The van der Waals surface area contributed by atoms with Gasteiger partial charge in [-0.05, 0) is 19.8 Å². The van der Waals surface area contributed by atoms with E-state index in [2.05, 4.69) is 15.3 Å². The molecular formula is C10H15N3O. The molecule has 0 bridgehead atoms. The highest BCUT2D eigenvalue weighted by molar-refractivity contribution is 5.07. The maximum absolute atomic E-state index is 10.1. The van der Waals surface area contributed by atoms with Gasteiger partial charge in [0.2, 0.25) is 0 Å². The summed E-state index contributed by atoms with van der Waals surface area (Å²) in [7, 11) is 0. The Hall–Kier alpha value is -1.00. The fourth-order valence-corrected chi connectivity index (χ4v) is 1.30. The van der Waals surface area contributed by atoms with Crippen LogP contribution in [0.1, 0.15) is 25.5 Å². The first-order valence-electron chi connectivity index (χ1n) is 4.91. The lowest BCUT2D eigenvalue weighted by atomic mass is 10.0. The molecule has 1 atom stereocenters. The van der Waals surface area contributed by atoms with Gasteiger partial charge < -0.3 is 10.4 Å². The summed E-state index contributed by atoms with van der Waals surface area (Å²) in [6, 6.07) is 0.596. The maximum atomic E-state index is 10.1. The zero-order valence-electron chi connectivity index (χ0n) is 8.27. The third-order valence-corrected chi connectivity index (χ3v) is 2.43. The van der Waals surface area contributed by atoms with Gasteiger partial charge in [-0.2, -0.15) is 0 Å². The zero-order valence-corrected chi connectivity index (χ0v) is 8.27. The minimum absolute atomic E-state index is 0.538. The normalized spacial score (nSPS) is 20.4. The Morgan fingerprint density at radius 3 is 2.93 bits per heavy atom. The molecule has 0 aromatic carbocycles. The van der Waals surface area contributed by atoms with Crippen molar-refractivity contribution in [1.29, 1.82) is 0 Å². The SMILES string of the molecule is CC(O)(CNC1CC1)c1cnccn1. The highest BCUT2D eigenvalue weighted by Gasteiger charge is 2.28. The van der Waals surface area contributed by atoms with Crippen molar-refractivity contribution in [2.75, 3.05) is 6.54 Å². The first kappa shape index (κ1) is 9.55. The molecule has 2 N–H and O–H groups in total. The Bertz CT molecular complexity index is 295. The molecule has 1 saturated carbocycles. The summed E-state index contributed by atoms with van der Waals surface area (Å²) in [6.07, 6.45) is 7.25. The van der Waals surface area contributed by atoms with Crippen LogP contribution in [-0.4, -0.2) is 27.7 Å². The van der Waals surface area contributed by atoms with E-state index in [0.29, 0.717) is 18.3 Å². The maximum Gasteiger partial charge on any atom is 0.118 e. The Balaban J connectivity index is 1.99. The predicted molar refractivity (Wildman–Crippen MR) is 52.6 cm³/mol. The van der Waals surface area contributed by atoms with E-state index in [1.54, 1.807) is 25.5 Å². The van der Waals surface area contributed by atoms with E-state index in [0.717, 1.165) is 0 Å². The van der Waals surface area contributed by atoms with Crippen molar-refractivity contribution in [2.45, 2.75) is 31.4 Å². The van der Waals surface area contributed by atoms with Gasteiger partial charge in [0.1, 0.15) is 5.60 Å². The average molecular weight is 193 g/mol. The van der Waals surface area contributed by atoms with Crippen LogP contribution >= 0.6 is 0 Å². The van der Waals surface area contributed by atoms with Crippen LogP contribution in [0.5, 0.6) is 0 Å². The van der Waals surface area contributed by atoms with Crippen molar-refractivity contribution in [3.63, 3.8) is 0 Å². The van der Waals surface area contributed by atoms with Crippen LogP contribution < -0.4 is 5.32 Å². The van der Waals surface area contributed by atoms with Crippen LogP contribution in [0.3, 0.4) is 0 Å². The Morgan fingerprint density at radius 2 is 2.36 bits per heavy atom. The summed E-state index contributed by atoms with van der Waals surface area (Å²) in [5, 5.41) is 13.4. The molecule has 1 aromatic heterocycles. The molecule has 1 aliphatic carbocycles. The van der Waals surface area contributed by atoms with Gasteiger partial charge in [0.25, 0.3) is 0 Å². The van der Waals surface area contributed by atoms with Crippen molar-refractivity contribution in [3.05, 3.63) is 24.3 Å². The minimum Gasteiger partial charge on any atom is -0.382 e. The molecule has 76 valence electrons. The number of hydrogen-bond acceptors (Lipinski definition) is 4. The first-order chi connectivity index (χ1) is 6.68. The molecule has 0 spiro atoms. The van der Waals surface area contributed by atoms with Crippen molar-refractivity contribution in [3.8, 4) is 0 Å². The van der Waals surface area contributed by atoms with E-state index < -0.39 is 5.60 Å². The van der Waals surface area contributed by atoms with Crippen LogP contribution in [0.25, 0.3) is 0 Å². The smallest absolute Gasteiger partial charge is 0.118 e. The van der Waals surface area contributed by atoms with E-state index in [4.69, 9.17) is 0 Å². The molecular weight excluding hydrogens is 178 g/mol. The van der Waals surface area contributed by atoms with E-state index in [1.165, 1.54) is 12.8 Å². The molecule has 14 heavy (non-hydrogen) atoms. The number of aliphatic hydroxyl groups is 1. The number of nitrogens with one attached hydrogen (secondary N) is 1. The van der Waals surface area contributed by atoms with Gasteiger partial charge in [-0.25, -0.2) is 0 Å². The molecule has 4 heteroatoms. The Morgan fingerprint density at radius 1 is 1.57 bits per heavy atom. The standard InChI is InChI=1S/C10H15N3O/c1-10(14,7-13-8-2-3-8)9-6-11-4-5-12-9/h4-6,8,13-14H,2-3,7H2,1H3. The summed E-state index contributed by atoms with van der Waals surface area (Å²) in [5.41, 5.74) is -0.301. The molecule has 0 aliphatic heterocycles. The van der Waals surface area contributed by atoms with Gasteiger partial charge in [0.15, 0.2) is 0 Å². The second-order valence-corrected chi connectivity index (χ2v) is 4.02. The Labute approximate surface area is 83.4 Å². The topological polar surface area (TPSA) is 58.0 Å². The van der Waals surface area contributed by atoms with Crippen LogP contribution in [0.4, 0.5) is 0 Å². The zero-order chi connectivity index (χ0) is 10.0. The number of aromatic nitrogens is 2. The third kappa shape index (κ3) is 2.27. The van der Waals surface area contributed by atoms with Gasteiger partial charge >= 0.3 is 0 Å². The average Bonchev–Trinajstić information content (AvgIpc) is 3.00. The molecule has 2 rings (SSSR count). The Kier molecular flexibility index (Phi) is 2.48. The molecule has 0 saturated heterocycles. The van der Waals surface area contributed by atoms with Crippen LogP contribution in [0.15, 0.2) is 18.6 Å². The van der Waals surface area contributed by atoms with Crippen LogP contribution in [-0.2, 0) is 5.60 Å². The van der Waals surface area contributed by atoms with Gasteiger partial charge in [-0.1, -0.05) is 0 Å². The van der Waals surface area contributed by atoms with Gasteiger partial charge in [0.05, 0.1) is 11.9 Å². The van der Waals surface area contributed by atoms with Crippen molar-refractivity contribution in [2.24, 2.45) is 0 Å². The lowest BCUT2D eigenvalue weighted by molar-refractivity contribution is 0.0517. The van der Waals surface area contributed by atoms with E-state index in [9.17, 15) is 5.11 Å². The number of rotatable bonds is 4. The molecule has 1 heterocycles. The molecule has 1 aliphatic rings. The highest BCUT2D eigenvalue weighted by atomic mass is 16.3. The van der Waals surface area contributed by atoms with Gasteiger partial charge in [-0.3, -0.25) is 9.97 Å². The third-order valence-electron chi connectivity index (χ3n) is 2.43. The number of nitrogens with zero attached hydrogens (tertiary/aromatic N) is 2. The summed E-state index contributed by atoms with van der Waals surface area (Å²) in [6.45, 7) is 2.29. The lowest BCUT2D eigenvalue weighted by Gasteiger charge is -2.22. The van der Waals surface area contributed by atoms with Crippen molar-refractivity contribution in [1.82, 2.24) is 15.3 Å². The molecule has 1 unspecified atom stereocenters. The van der Waals surface area contributed by atoms with Crippen molar-refractivity contribution >= 4 is 0 Å². The lowest BCUT2D eigenvalue weighted by Crippen LogP contribution is -2.37. The largest absolute Gasteiger partial charge is 0.382 e.